The van der Waals surface area contributed by atoms with Crippen LogP contribution in [-0.4, -0.2) is 64.1 Å². The van der Waals surface area contributed by atoms with Crippen LogP contribution >= 0.6 is 0 Å². The summed E-state index contributed by atoms with van der Waals surface area (Å²) in [6.07, 6.45) is 12.8. The number of hydrogen-bond donors (Lipinski definition) is 1. The van der Waals surface area contributed by atoms with Crippen molar-refractivity contribution >= 4 is 11.4 Å². The summed E-state index contributed by atoms with van der Waals surface area (Å²) in [5, 5.41) is 3.56. The Balaban J connectivity index is 1.55. The maximum absolute atomic E-state index is 5.61. The van der Waals surface area contributed by atoms with Gasteiger partial charge in [0.1, 0.15) is 11.5 Å². The quantitative estimate of drug-likeness (QED) is 0.273. The van der Waals surface area contributed by atoms with E-state index in [-0.39, 0.29) is 10.8 Å². The van der Waals surface area contributed by atoms with Crippen molar-refractivity contribution in [2.45, 2.75) is 71.6 Å². The SMILES string of the molecule is CCN=C(/C=C/C1=C(N2CCNCC2)C(=C/C=C2/N(CC)c3ccc(OC)cc3C2(C)C)/CCC1)C(C)(C)c1cccc(OC)c1. The van der Waals surface area contributed by atoms with Crippen LogP contribution in [0.4, 0.5) is 5.69 Å². The first-order valence-corrected chi connectivity index (χ1v) is 17.1. The van der Waals surface area contributed by atoms with E-state index >= 15 is 0 Å². The fourth-order valence-corrected chi connectivity index (χ4v) is 7.30. The van der Waals surface area contributed by atoms with Crippen molar-refractivity contribution < 1.29 is 9.47 Å². The Morgan fingerprint density at radius 3 is 2.41 bits per heavy atom. The highest BCUT2D eigenvalue weighted by molar-refractivity contribution is 6.03. The maximum atomic E-state index is 5.61. The van der Waals surface area contributed by atoms with Crippen LogP contribution in [0.5, 0.6) is 11.5 Å². The minimum Gasteiger partial charge on any atom is -0.497 e. The van der Waals surface area contributed by atoms with Crippen molar-refractivity contribution in [3.05, 3.63) is 100 Å². The van der Waals surface area contributed by atoms with E-state index in [4.69, 9.17) is 14.5 Å². The number of anilines is 1. The molecule has 2 aromatic carbocycles. The molecule has 1 fully saturated rings. The Kier molecular flexibility index (Phi) is 10.5. The van der Waals surface area contributed by atoms with Gasteiger partial charge in [-0.15, -0.1) is 0 Å². The molecule has 1 saturated heterocycles. The number of methoxy groups -OCH3 is 2. The molecule has 46 heavy (non-hydrogen) atoms. The third-order valence-corrected chi connectivity index (χ3v) is 9.99. The second-order valence-electron chi connectivity index (χ2n) is 13.5. The largest absolute Gasteiger partial charge is 0.497 e. The fraction of sp³-hybridized carbons (Fsp3) is 0.475. The topological polar surface area (TPSA) is 49.3 Å². The summed E-state index contributed by atoms with van der Waals surface area (Å²) in [6.45, 7) is 19.3. The molecule has 2 heterocycles. The summed E-state index contributed by atoms with van der Waals surface area (Å²) in [7, 11) is 3.48. The minimum atomic E-state index is -0.260. The molecule has 3 aliphatic rings. The number of piperazine rings is 1. The van der Waals surface area contributed by atoms with Crippen LogP contribution in [0.3, 0.4) is 0 Å². The summed E-state index contributed by atoms with van der Waals surface area (Å²) in [5.74, 6) is 1.79. The first-order chi connectivity index (χ1) is 22.1. The molecule has 1 N–H and O–H groups in total. The van der Waals surface area contributed by atoms with Crippen molar-refractivity contribution in [2.24, 2.45) is 4.99 Å². The molecule has 0 radical (unpaired) electrons. The van der Waals surface area contributed by atoms with Crippen LogP contribution in [0, 0.1) is 0 Å². The van der Waals surface area contributed by atoms with Crippen LogP contribution < -0.4 is 19.7 Å². The predicted molar refractivity (Wildman–Crippen MR) is 194 cm³/mol. The lowest BCUT2D eigenvalue weighted by Gasteiger charge is -2.36. The Morgan fingerprint density at radius 2 is 1.72 bits per heavy atom. The fourth-order valence-electron chi connectivity index (χ4n) is 7.30. The molecule has 2 aliphatic heterocycles. The summed E-state index contributed by atoms with van der Waals surface area (Å²) < 4.78 is 11.2. The molecular formula is C40H54N4O2. The van der Waals surface area contributed by atoms with Gasteiger partial charge in [0.25, 0.3) is 0 Å². The number of nitrogens with zero attached hydrogens (tertiary/aromatic N) is 3. The Labute approximate surface area is 277 Å². The van der Waals surface area contributed by atoms with Gasteiger partial charge in [-0.05, 0) is 97.9 Å². The lowest BCUT2D eigenvalue weighted by atomic mass is 9.79. The average molecular weight is 623 g/mol. The number of rotatable bonds is 10. The van der Waals surface area contributed by atoms with E-state index in [9.17, 15) is 0 Å². The molecule has 5 rings (SSSR count). The summed E-state index contributed by atoms with van der Waals surface area (Å²) in [6, 6.07) is 14.9. The van der Waals surface area contributed by atoms with Gasteiger partial charge in [-0.3, -0.25) is 4.99 Å². The van der Waals surface area contributed by atoms with Gasteiger partial charge < -0.3 is 24.6 Å². The molecule has 246 valence electrons. The van der Waals surface area contributed by atoms with Crippen LogP contribution in [-0.2, 0) is 10.8 Å². The van der Waals surface area contributed by atoms with Crippen LogP contribution in [0.1, 0.15) is 71.9 Å². The second-order valence-corrected chi connectivity index (χ2v) is 13.5. The van der Waals surface area contributed by atoms with E-state index in [1.165, 1.54) is 39.4 Å². The highest BCUT2D eigenvalue weighted by Gasteiger charge is 2.39. The summed E-state index contributed by atoms with van der Waals surface area (Å²) >= 11 is 0. The smallest absolute Gasteiger partial charge is 0.119 e. The van der Waals surface area contributed by atoms with Crippen LogP contribution in [0.25, 0.3) is 0 Å². The lowest BCUT2D eigenvalue weighted by molar-refractivity contribution is 0.297. The molecule has 0 spiro atoms. The number of nitrogens with one attached hydrogen (secondary N) is 1. The number of likely N-dealkylation sites (N-methyl/N-ethyl adjacent to an activating group) is 1. The van der Waals surface area contributed by atoms with Gasteiger partial charge in [0.2, 0.25) is 0 Å². The Morgan fingerprint density at radius 1 is 0.978 bits per heavy atom. The van der Waals surface area contributed by atoms with Gasteiger partial charge in [-0.25, -0.2) is 0 Å². The number of ether oxygens (including phenoxy) is 2. The third-order valence-electron chi connectivity index (χ3n) is 9.99. The zero-order valence-electron chi connectivity index (χ0n) is 29.4. The van der Waals surface area contributed by atoms with Crippen molar-refractivity contribution in [1.29, 1.82) is 0 Å². The molecule has 6 heteroatoms. The first kappa shape index (κ1) is 33.6. The van der Waals surface area contributed by atoms with Gasteiger partial charge in [-0.1, -0.05) is 52.0 Å². The molecular weight excluding hydrogens is 568 g/mol. The molecule has 6 nitrogen and oxygen atoms in total. The summed E-state index contributed by atoms with van der Waals surface area (Å²) in [5.41, 5.74) is 10.1. The highest BCUT2D eigenvalue weighted by Crippen LogP contribution is 2.49. The Hall–Kier alpha value is -3.77. The number of hydrogen-bond acceptors (Lipinski definition) is 6. The molecule has 0 bridgehead atoms. The van der Waals surface area contributed by atoms with Gasteiger partial charge >= 0.3 is 0 Å². The molecule has 0 saturated carbocycles. The van der Waals surface area contributed by atoms with Crippen molar-refractivity contribution in [3.63, 3.8) is 0 Å². The second kappa shape index (κ2) is 14.3. The number of fused-ring (bicyclic) bond motifs is 1. The monoisotopic (exact) mass is 622 g/mol. The van der Waals surface area contributed by atoms with E-state index in [0.29, 0.717) is 0 Å². The highest BCUT2D eigenvalue weighted by atomic mass is 16.5. The molecule has 2 aromatic rings. The molecule has 0 atom stereocenters. The van der Waals surface area contributed by atoms with E-state index in [1.807, 2.05) is 6.07 Å². The molecule has 1 aliphatic carbocycles. The Bertz CT molecular complexity index is 1550. The maximum Gasteiger partial charge on any atom is 0.119 e. The van der Waals surface area contributed by atoms with Crippen molar-refractivity contribution in [3.8, 4) is 11.5 Å². The zero-order chi connectivity index (χ0) is 32.9. The molecule has 0 aromatic heterocycles. The van der Waals surface area contributed by atoms with Gasteiger partial charge in [0.15, 0.2) is 0 Å². The predicted octanol–water partition coefficient (Wildman–Crippen LogP) is 7.97. The number of aliphatic imine (C=N–C) groups is 1. The van der Waals surface area contributed by atoms with E-state index < -0.39 is 0 Å². The standard InChI is InChI=1S/C40H54N4O2/c1-9-42-36(39(3,4)31-15-12-16-32(27-31)45-7)21-17-29-13-11-14-30(38(29)43-25-23-41-24-26-43)18-22-37-40(5,6)34-28-33(46-8)19-20-35(34)44(37)10-2/h12,15-22,27-28,41H,9-11,13-14,23-26H2,1-8H3/b21-17+,30-18+,37-22+,42-36?. The van der Waals surface area contributed by atoms with Gasteiger partial charge in [0.05, 0.1) is 14.2 Å². The van der Waals surface area contributed by atoms with Crippen molar-refractivity contribution in [1.82, 2.24) is 10.2 Å². The normalized spacial score (nSPS) is 20.7. The van der Waals surface area contributed by atoms with E-state index in [1.54, 1.807) is 14.2 Å². The van der Waals surface area contributed by atoms with E-state index in [2.05, 4.69) is 117 Å². The van der Waals surface area contributed by atoms with E-state index in [0.717, 1.165) is 75.7 Å². The zero-order valence-corrected chi connectivity index (χ0v) is 29.4. The van der Waals surface area contributed by atoms with Gasteiger partial charge in [-0.2, -0.15) is 0 Å². The number of benzene rings is 2. The van der Waals surface area contributed by atoms with Crippen molar-refractivity contribution in [2.75, 3.05) is 58.4 Å². The molecule has 0 amide bonds. The van der Waals surface area contributed by atoms with Crippen LogP contribution in [0.2, 0.25) is 0 Å². The lowest BCUT2D eigenvalue weighted by Crippen LogP contribution is -2.43. The number of allylic oxidation sites excluding steroid dienone is 7. The molecule has 0 unspecified atom stereocenters. The first-order valence-electron chi connectivity index (χ1n) is 17.1. The van der Waals surface area contributed by atoms with Gasteiger partial charge in [0, 0.05) is 72.9 Å². The average Bonchev–Trinajstić information content (AvgIpc) is 3.30. The summed E-state index contributed by atoms with van der Waals surface area (Å²) in [4.78, 5) is 10.1. The minimum absolute atomic E-state index is 0.121. The third kappa shape index (κ3) is 6.69. The van der Waals surface area contributed by atoms with Crippen LogP contribution in [0.15, 0.2) is 94.3 Å².